The first kappa shape index (κ1) is 13.7. The number of rotatable bonds is 1. The molecule has 4 heterocycles. The van der Waals surface area contributed by atoms with Crippen LogP contribution in [0, 0.1) is 5.92 Å². The summed E-state index contributed by atoms with van der Waals surface area (Å²) in [4.78, 5) is 30.4. The van der Waals surface area contributed by atoms with E-state index in [1.807, 2.05) is 12.1 Å². The van der Waals surface area contributed by atoms with Gasteiger partial charge in [-0.2, -0.15) is 0 Å². The van der Waals surface area contributed by atoms with Crippen LogP contribution in [0.25, 0.3) is 0 Å². The van der Waals surface area contributed by atoms with Crippen LogP contribution in [0.15, 0.2) is 18.2 Å². The summed E-state index contributed by atoms with van der Waals surface area (Å²) < 4.78 is 0. The Bertz CT molecular complexity index is 691. The molecule has 2 atom stereocenters. The highest BCUT2D eigenvalue weighted by Crippen LogP contribution is 2.42. The Balaban J connectivity index is 1.59. The molecule has 2 amide bonds. The van der Waals surface area contributed by atoms with Crippen LogP contribution in [-0.2, 0) is 11.2 Å². The lowest BCUT2D eigenvalue weighted by atomic mass is 9.75. The summed E-state index contributed by atoms with van der Waals surface area (Å²) in [5, 5.41) is 0. The Labute approximate surface area is 136 Å². The van der Waals surface area contributed by atoms with Crippen molar-refractivity contribution >= 4 is 11.8 Å². The van der Waals surface area contributed by atoms with E-state index in [1.165, 1.54) is 5.56 Å². The first-order chi connectivity index (χ1) is 11.2. The first-order valence-electron chi connectivity index (χ1n) is 8.95. The molecule has 0 N–H and O–H groups in total. The second-order valence-electron chi connectivity index (χ2n) is 7.54. The van der Waals surface area contributed by atoms with Crippen molar-refractivity contribution in [3.63, 3.8) is 0 Å². The maximum atomic E-state index is 13.2. The fourth-order valence-electron chi connectivity index (χ4n) is 5.26. The van der Waals surface area contributed by atoms with Gasteiger partial charge < -0.3 is 4.90 Å². The number of imide groups is 1. The van der Waals surface area contributed by atoms with Gasteiger partial charge in [-0.15, -0.1) is 0 Å². The molecule has 4 aliphatic heterocycles. The van der Waals surface area contributed by atoms with Crippen molar-refractivity contribution in [2.24, 2.45) is 5.92 Å². The van der Waals surface area contributed by atoms with Gasteiger partial charge in [0.05, 0.1) is 12.0 Å². The topological polar surface area (TPSA) is 40.6 Å². The predicted molar refractivity (Wildman–Crippen MR) is 86.2 cm³/mol. The zero-order chi connectivity index (χ0) is 15.6. The zero-order valence-electron chi connectivity index (χ0n) is 13.3. The lowest BCUT2D eigenvalue weighted by molar-refractivity contribution is -0.136. The van der Waals surface area contributed by atoms with Crippen LogP contribution >= 0.6 is 0 Å². The van der Waals surface area contributed by atoms with Crippen LogP contribution in [-0.4, -0.2) is 47.3 Å². The third-order valence-corrected chi connectivity index (χ3v) is 6.42. The summed E-state index contributed by atoms with van der Waals surface area (Å²) in [5.74, 6) is 0.460. The van der Waals surface area contributed by atoms with E-state index in [2.05, 4.69) is 11.0 Å². The Hall–Kier alpha value is -1.68. The standard InChI is InChI=1S/C19H22N2O2/c22-18-14-5-1-3-13-4-2-6-15(17(13)14)19(23)21(18)16-11-20-9-7-12(16)8-10-20/h1,3,5,12,15-16H,2,4,6-11H2/t15-,16?/m0/s1. The number of hydrogen-bond acceptors (Lipinski definition) is 3. The number of aryl methyl sites for hydroxylation is 1. The van der Waals surface area contributed by atoms with E-state index in [0.29, 0.717) is 5.92 Å². The molecule has 0 saturated carbocycles. The van der Waals surface area contributed by atoms with Gasteiger partial charge in [-0.1, -0.05) is 12.1 Å². The van der Waals surface area contributed by atoms with E-state index < -0.39 is 0 Å². The van der Waals surface area contributed by atoms with Crippen molar-refractivity contribution in [3.05, 3.63) is 34.9 Å². The van der Waals surface area contributed by atoms with E-state index in [9.17, 15) is 9.59 Å². The molecule has 4 heteroatoms. The second kappa shape index (κ2) is 4.91. The predicted octanol–water partition coefficient (Wildman–Crippen LogP) is 2.18. The Morgan fingerprint density at radius 2 is 1.87 bits per heavy atom. The van der Waals surface area contributed by atoms with Crippen LogP contribution in [0.4, 0.5) is 0 Å². The second-order valence-corrected chi connectivity index (χ2v) is 7.54. The number of nitrogens with zero attached hydrogens (tertiary/aromatic N) is 2. The average Bonchev–Trinajstić information content (AvgIpc) is 2.61. The Kier molecular flexibility index (Phi) is 2.93. The van der Waals surface area contributed by atoms with Crippen molar-refractivity contribution in [2.45, 2.75) is 44.1 Å². The molecule has 3 fully saturated rings. The maximum absolute atomic E-state index is 13.2. The number of piperidine rings is 3. The minimum absolute atomic E-state index is 0.0382. The summed E-state index contributed by atoms with van der Waals surface area (Å²) in [6.07, 6.45) is 5.20. The van der Waals surface area contributed by atoms with Gasteiger partial charge in [-0.25, -0.2) is 0 Å². The van der Waals surface area contributed by atoms with Crippen LogP contribution in [0.5, 0.6) is 0 Å². The van der Waals surface area contributed by atoms with E-state index in [0.717, 1.165) is 62.9 Å². The number of carbonyl (C=O) groups is 2. The molecule has 6 rings (SSSR count). The highest BCUT2D eigenvalue weighted by atomic mass is 16.2. The van der Waals surface area contributed by atoms with Crippen LogP contribution in [0.3, 0.4) is 0 Å². The molecule has 0 aromatic heterocycles. The highest BCUT2D eigenvalue weighted by Gasteiger charge is 2.48. The van der Waals surface area contributed by atoms with Gasteiger partial charge in [0, 0.05) is 12.1 Å². The molecule has 4 nitrogen and oxygen atoms in total. The molecule has 1 aliphatic carbocycles. The van der Waals surface area contributed by atoms with Gasteiger partial charge in [0.1, 0.15) is 0 Å². The molecule has 2 bridgehead atoms. The van der Waals surface area contributed by atoms with Gasteiger partial charge in [0.2, 0.25) is 5.91 Å². The molecular formula is C19H22N2O2. The van der Waals surface area contributed by atoms with Crippen molar-refractivity contribution in [1.29, 1.82) is 0 Å². The van der Waals surface area contributed by atoms with Gasteiger partial charge in [0.15, 0.2) is 0 Å². The SMILES string of the molecule is O=C1c2cccc3c2[C@H](CCC3)C(=O)N1C1CN2CCC1CC2. The largest absolute Gasteiger partial charge is 0.301 e. The van der Waals surface area contributed by atoms with Crippen LogP contribution in [0.1, 0.15) is 53.1 Å². The maximum Gasteiger partial charge on any atom is 0.261 e. The number of benzene rings is 1. The molecule has 23 heavy (non-hydrogen) atoms. The van der Waals surface area contributed by atoms with Gasteiger partial charge in [-0.3, -0.25) is 14.5 Å². The molecule has 1 aromatic rings. The highest BCUT2D eigenvalue weighted by molar-refractivity contribution is 6.12. The Morgan fingerprint density at radius 1 is 1.04 bits per heavy atom. The fraction of sp³-hybridized carbons (Fsp3) is 0.579. The van der Waals surface area contributed by atoms with Gasteiger partial charge in [-0.05, 0) is 68.3 Å². The molecule has 3 saturated heterocycles. The van der Waals surface area contributed by atoms with Crippen LogP contribution < -0.4 is 0 Å². The van der Waals surface area contributed by atoms with Gasteiger partial charge >= 0.3 is 0 Å². The molecular weight excluding hydrogens is 288 g/mol. The molecule has 0 spiro atoms. The molecule has 1 unspecified atom stereocenters. The van der Waals surface area contributed by atoms with E-state index >= 15 is 0 Å². The van der Waals surface area contributed by atoms with Crippen molar-refractivity contribution in [2.75, 3.05) is 19.6 Å². The molecule has 1 aromatic carbocycles. The first-order valence-corrected chi connectivity index (χ1v) is 8.95. The monoisotopic (exact) mass is 310 g/mol. The fourth-order valence-corrected chi connectivity index (χ4v) is 5.26. The number of hydrogen-bond donors (Lipinski definition) is 0. The van der Waals surface area contributed by atoms with Crippen molar-refractivity contribution in [3.8, 4) is 0 Å². The Morgan fingerprint density at radius 3 is 2.61 bits per heavy atom. The smallest absolute Gasteiger partial charge is 0.261 e. The lowest BCUT2D eigenvalue weighted by Crippen LogP contribution is -2.62. The summed E-state index contributed by atoms with van der Waals surface area (Å²) in [5.41, 5.74) is 3.06. The van der Waals surface area contributed by atoms with Crippen molar-refractivity contribution in [1.82, 2.24) is 9.80 Å². The molecule has 5 aliphatic rings. The quantitative estimate of drug-likeness (QED) is 0.747. The lowest BCUT2D eigenvalue weighted by Gasteiger charge is -2.50. The number of fused-ring (bicyclic) bond motifs is 3. The normalized spacial score (nSPS) is 35.4. The van der Waals surface area contributed by atoms with E-state index in [-0.39, 0.29) is 23.8 Å². The molecule has 0 radical (unpaired) electrons. The van der Waals surface area contributed by atoms with Crippen LogP contribution in [0.2, 0.25) is 0 Å². The van der Waals surface area contributed by atoms with E-state index in [1.54, 1.807) is 4.90 Å². The summed E-state index contributed by atoms with van der Waals surface area (Å²) in [7, 11) is 0. The minimum atomic E-state index is -0.0805. The average molecular weight is 310 g/mol. The number of carbonyl (C=O) groups excluding carboxylic acids is 2. The van der Waals surface area contributed by atoms with Gasteiger partial charge in [0.25, 0.3) is 5.91 Å². The third kappa shape index (κ3) is 1.87. The minimum Gasteiger partial charge on any atom is -0.301 e. The third-order valence-electron chi connectivity index (χ3n) is 6.42. The summed E-state index contributed by atoms with van der Waals surface area (Å²) in [6.45, 7) is 3.13. The van der Waals surface area contributed by atoms with E-state index in [4.69, 9.17) is 0 Å². The zero-order valence-corrected chi connectivity index (χ0v) is 13.3. The summed E-state index contributed by atoms with van der Waals surface area (Å²) in [6, 6.07) is 6.10. The molecule has 120 valence electrons. The summed E-state index contributed by atoms with van der Waals surface area (Å²) >= 11 is 0. The number of amides is 2. The van der Waals surface area contributed by atoms with Crippen molar-refractivity contribution < 1.29 is 9.59 Å².